The highest BCUT2D eigenvalue weighted by Gasteiger charge is 2.45. The lowest BCUT2D eigenvalue weighted by Gasteiger charge is -2.02. The minimum atomic E-state index is -4.73. The molecule has 2 heterocycles. The topological polar surface area (TPSA) is 54.4 Å². The number of hydrogen-bond acceptors (Lipinski definition) is 3. The molecule has 0 radical (unpaired) electrons. The van der Waals surface area contributed by atoms with Crippen molar-refractivity contribution in [3.8, 4) is 0 Å². The number of carbonyl (C=O) groups excluding carboxylic acids is 1. The van der Waals surface area contributed by atoms with Crippen molar-refractivity contribution in [3.05, 3.63) is 36.0 Å². The highest BCUT2D eigenvalue weighted by molar-refractivity contribution is 6.00. The van der Waals surface area contributed by atoms with Gasteiger partial charge in [0.25, 0.3) is 0 Å². The van der Waals surface area contributed by atoms with Gasteiger partial charge in [-0.1, -0.05) is 18.2 Å². The van der Waals surface area contributed by atoms with Crippen molar-refractivity contribution in [1.82, 2.24) is 4.98 Å². The Balaban J connectivity index is 1.88. The van der Waals surface area contributed by atoms with E-state index in [0.29, 0.717) is 0 Å². The molecule has 1 unspecified atom stereocenters. The van der Waals surface area contributed by atoms with Crippen molar-refractivity contribution in [2.24, 2.45) is 4.99 Å². The molecule has 0 saturated carbocycles. The first-order valence-corrected chi connectivity index (χ1v) is 5.87. The number of carbonyl (C=O) groups is 1. The van der Waals surface area contributed by atoms with Crippen LogP contribution >= 0.6 is 0 Å². The fourth-order valence-corrected chi connectivity index (χ4v) is 2.15. The maximum Gasteiger partial charge on any atom is 0.468 e. The molecule has 1 atom stereocenters. The number of para-hydroxylation sites is 1. The number of fused-ring (bicyclic) bond motifs is 1. The number of halogens is 3. The lowest BCUT2D eigenvalue weighted by molar-refractivity contribution is -0.139. The van der Waals surface area contributed by atoms with E-state index < -0.39 is 24.1 Å². The lowest BCUT2D eigenvalue weighted by Crippen LogP contribution is -2.24. The smallest absolute Gasteiger partial charge is 0.401 e. The van der Waals surface area contributed by atoms with E-state index in [1.807, 2.05) is 24.3 Å². The van der Waals surface area contributed by atoms with Crippen molar-refractivity contribution in [1.29, 1.82) is 0 Å². The van der Waals surface area contributed by atoms with E-state index in [1.54, 1.807) is 6.20 Å². The highest BCUT2D eigenvalue weighted by atomic mass is 19.4. The Labute approximate surface area is 111 Å². The Kier molecular flexibility index (Phi) is 2.77. The summed E-state index contributed by atoms with van der Waals surface area (Å²) in [6, 6.07) is 6.18. The highest BCUT2D eigenvalue weighted by Crippen LogP contribution is 2.26. The number of esters is 1. The normalized spacial score (nSPS) is 19.2. The third kappa shape index (κ3) is 2.15. The predicted octanol–water partition coefficient (Wildman–Crippen LogP) is 2.60. The summed E-state index contributed by atoms with van der Waals surface area (Å²) >= 11 is 0. The second-order valence-electron chi connectivity index (χ2n) is 4.43. The summed E-state index contributed by atoms with van der Waals surface area (Å²) in [5, 5.41) is 0.857. The molecule has 0 spiro atoms. The molecule has 1 aromatic carbocycles. The zero-order valence-electron chi connectivity index (χ0n) is 10.1. The molecular formula is C13H9F3N2O2. The van der Waals surface area contributed by atoms with E-state index in [1.165, 1.54) is 0 Å². The van der Waals surface area contributed by atoms with Crippen LogP contribution < -0.4 is 0 Å². The molecule has 0 aliphatic carbocycles. The molecule has 4 nitrogen and oxygen atoms in total. The van der Waals surface area contributed by atoms with Gasteiger partial charge in [-0.25, -0.2) is 9.79 Å². The zero-order valence-corrected chi connectivity index (χ0v) is 10.1. The van der Waals surface area contributed by atoms with Crippen molar-refractivity contribution in [2.45, 2.75) is 18.6 Å². The Bertz CT molecular complexity index is 703. The first-order chi connectivity index (χ1) is 9.45. The quantitative estimate of drug-likeness (QED) is 0.861. The Hall–Kier alpha value is -2.31. The maximum atomic E-state index is 12.4. The first-order valence-electron chi connectivity index (χ1n) is 5.87. The SMILES string of the molecule is O=C1OC(C(F)(F)F)=NC1Cc1c[nH]c2ccccc12. The number of nitrogens with one attached hydrogen (secondary N) is 1. The summed E-state index contributed by atoms with van der Waals surface area (Å²) in [5.74, 6) is -2.44. The number of rotatable bonds is 2. The molecule has 1 aliphatic heterocycles. The molecule has 2 aromatic rings. The number of aromatic nitrogens is 1. The van der Waals surface area contributed by atoms with Crippen molar-refractivity contribution < 1.29 is 22.7 Å². The van der Waals surface area contributed by atoms with E-state index >= 15 is 0 Å². The van der Waals surface area contributed by atoms with E-state index in [0.717, 1.165) is 16.5 Å². The van der Waals surface area contributed by atoms with Gasteiger partial charge in [-0.05, 0) is 11.6 Å². The van der Waals surface area contributed by atoms with E-state index in [4.69, 9.17) is 0 Å². The summed E-state index contributed by atoms with van der Waals surface area (Å²) in [6.07, 6.45) is -2.99. The van der Waals surface area contributed by atoms with Crippen LogP contribution in [0, 0.1) is 0 Å². The number of H-pyrrole nitrogens is 1. The largest absolute Gasteiger partial charge is 0.468 e. The molecule has 1 aliphatic rings. The van der Waals surface area contributed by atoms with Gasteiger partial charge in [0.1, 0.15) is 0 Å². The van der Waals surface area contributed by atoms with Crippen LogP contribution in [0.15, 0.2) is 35.5 Å². The number of ether oxygens (including phenoxy) is 1. The average molecular weight is 282 g/mol. The molecule has 1 N–H and O–H groups in total. The zero-order chi connectivity index (χ0) is 14.3. The van der Waals surface area contributed by atoms with Crippen LogP contribution in [-0.2, 0) is 16.0 Å². The second kappa shape index (κ2) is 4.36. The molecule has 1 aromatic heterocycles. The van der Waals surface area contributed by atoms with Crippen molar-refractivity contribution in [2.75, 3.05) is 0 Å². The minimum absolute atomic E-state index is 0.0719. The third-order valence-electron chi connectivity index (χ3n) is 3.07. The summed E-state index contributed by atoms with van der Waals surface area (Å²) in [6.45, 7) is 0. The Morgan fingerprint density at radius 2 is 2.05 bits per heavy atom. The van der Waals surface area contributed by atoms with Gasteiger partial charge < -0.3 is 9.72 Å². The molecule has 7 heteroatoms. The number of cyclic esters (lactones) is 1. The molecule has 104 valence electrons. The summed E-state index contributed by atoms with van der Waals surface area (Å²) in [5.41, 5.74) is 1.59. The van der Waals surface area contributed by atoms with Gasteiger partial charge in [0.05, 0.1) is 0 Å². The van der Waals surface area contributed by atoms with Gasteiger partial charge in [0.15, 0.2) is 6.04 Å². The number of alkyl halides is 3. The Morgan fingerprint density at radius 1 is 1.30 bits per heavy atom. The van der Waals surface area contributed by atoms with E-state index in [-0.39, 0.29) is 6.42 Å². The fraction of sp³-hybridized carbons (Fsp3) is 0.231. The van der Waals surface area contributed by atoms with Crippen LogP contribution in [0.2, 0.25) is 0 Å². The van der Waals surface area contributed by atoms with Crippen LogP contribution in [0.3, 0.4) is 0 Å². The molecule has 0 bridgehead atoms. The summed E-state index contributed by atoms with van der Waals surface area (Å²) in [7, 11) is 0. The van der Waals surface area contributed by atoms with Gasteiger partial charge in [-0.15, -0.1) is 0 Å². The van der Waals surface area contributed by atoms with Crippen LogP contribution in [0.5, 0.6) is 0 Å². The van der Waals surface area contributed by atoms with Crippen molar-refractivity contribution in [3.63, 3.8) is 0 Å². The molecule has 20 heavy (non-hydrogen) atoms. The first kappa shape index (κ1) is 12.7. The average Bonchev–Trinajstić information content (AvgIpc) is 2.95. The van der Waals surface area contributed by atoms with Crippen molar-refractivity contribution >= 4 is 22.8 Å². The molecule has 0 fully saturated rings. The molecule has 0 saturated heterocycles. The fourth-order valence-electron chi connectivity index (χ4n) is 2.15. The standard InChI is InChI=1S/C13H9F3N2O2/c14-13(15,16)12-18-10(11(19)20-12)5-7-6-17-9-4-2-1-3-8(7)9/h1-4,6,10,17H,5H2. The van der Waals surface area contributed by atoms with Gasteiger partial charge in [0.2, 0.25) is 0 Å². The maximum absolute atomic E-state index is 12.4. The number of benzene rings is 1. The number of aliphatic imine (C=N–C) groups is 1. The third-order valence-corrected chi connectivity index (χ3v) is 3.07. The number of nitrogens with zero attached hydrogens (tertiary/aromatic N) is 1. The van der Waals surface area contributed by atoms with E-state index in [2.05, 4.69) is 14.7 Å². The number of aromatic amines is 1. The molecule has 3 rings (SSSR count). The second-order valence-corrected chi connectivity index (χ2v) is 4.43. The molecule has 0 amide bonds. The van der Waals surface area contributed by atoms with Gasteiger partial charge in [-0.3, -0.25) is 0 Å². The Morgan fingerprint density at radius 3 is 2.75 bits per heavy atom. The summed E-state index contributed by atoms with van der Waals surface area (Å²) < 4.78 is 41.5. The monoisotopic (exact) mass is 282 g/mol. The van der Waals surface area contributed by atoms with Crippen LogP contribution in [0.4, 0.5) is 13.2 Å². The van der Waals surface area contributed by atoms with Gasteiger partial charge >= 0.3 is 18.0 Å². The molecular weight excluding hydrogens is 273 g/mol. The van der Waals surface area contributed by atoms with Crippen LogP contribution in [0.1, 0.15) is 5.56 Å². The van der Waals surface area contributed by atoms with Gasteiger partial charge in [0, 0.05) is 23.5 Å². The van der Waals surface area contributed by atoms with Crippen LogP contribution in [-0.4, -0.2) is 29.1 Å². The van der Waals surface area contributed by atoms with E-state index in [9.17, 15) is 18.0 Å². The predicted molar refractivity (Wildman–Crippen MR) is 65.4 cm³/mol. The minimum Gasteiger partial charge on any atom is -0.401 e. The van der Waals surface area contributed by atoms with Crippen LogP contribution in [0.25, 0.3) is 10.9 Å². The number of hydrogen-bond donors (Lipinski definition) is 1. The summed E-state index contributed by atoms with van der Waals surface area (Å²) in [4.78, 5) is 17.8. The van der Waals surface area contributed by atoms with Gasteiger partial charge in [-0.2, -0.15) is 13.2 Å². The lowest BCUT2D eigenvalue weighted by atomic mass is 10.1.